The van der Waals surface area contributed by atoms with Crippen molar-refractivity contribution < 1.29 is 9.53 Å². The largest absolute Gasteiger partial charge is 0.458 e. The van der Waals surface area contributed by atoms with Gasteiger partial charge in [0.1, 0.15) is 16.1 Å². The molecule has 5 aromatic rings. The quantitative estimate of drug-likeness (QED) is 0.119. The Balaban J connectivity index is 1.59. The normalized spacial score (nSPS) is 12.9. The summed E-state index contributed by atoms with van der Waals surface area (Å²) in [5, 5.41) is 2.61. The minimum atomic E-state index is -0.758. The highest BCUT2D eigenvalue weighted by Gasteiger charge is 2.38. The number of thiazole rings is 1. The fraction of sp³-hybridized carbons (Fsp3) is 0.212. The van der Waals surface area contributed by atoms with Crippen LogP contribution in [0.2, 0.25) is 0 Å². The lowest BCUT2D eigenvalue weighted by atomic mass is 9.77. The van der Waals surface area contributed by atoms with Crippen LogP contribution in [0.15, 0.2) is 120 Å². The molecule has 0 aliphatic heterocycles. The minimum Gasteiger partial charge on any atom is -0.458 e. The van der Waals surface area contributed by atoms with Crippen molar-refractivity contribution in [2.24, 2.45) is 4.99 Å². The molecule has 6 nitrogen and oxygen atoms in total. The molecule has 2 aromatic heterocycles. The fourth-order valence-electron chi connectivity index (χ4n) is 4.85. The molecule has 0 radical (unpaired) electrons. The molecule has 1 atom stereocenters. The lowest BCUT2D eigenvalue weighted by Gasteiger charge is -2.37. The van der Waals surface area contributed by atoms with E-state index in [9.17, 15) is 4.79 Å². The standard InChI is InChI=1S/C33H32N4O2S/c1-32(2,3)39-31(38)29(35-22-30-34-19-20-40-30)21-28-23-37(24-36-28)33(25-13-7-4-8-14-25,26-15-9-5-10-16-26)27-17-11-6-12-18-27/h4-20,22-24,29H,21H2,1-3H3. The maximum atomic E-state index is 13.2. The van der Waals surface area contributed by atoms with Crippen LogP contribution in [-0.4, -0.2) is 38.4 Å². The molecule has 40 heavy (non-hydrogen) atoms. The predicted molar refractivity (Wildman–Crippen MR) is 160 cm³/mol. The molecule has 202 valence electrons. The van der Waals surface area contributed by atoms with Crippen molar-refractivity contribution in [2.75, 3.05) is 0 Å². The fourth-order valence-corrected chi connectivity index (χ4v) is 5.36. The number of benzene rings is 3. The zero-order chi connectivity index (χ0) is 28.0. The summed E-state index contributed by atoms with van der Waals surface area (Å²) < 4.78 is 7.86. The zero-order valence-electron chi connectivity index (χ0n) is 22.8. The molecule has 0 aliphatic rings. The molecule has 7 heteroatoms. The monoisotopic (exact) mass is 548 g/mol. The number of aromatic nitrogens is 3. The molecule has 0 amide bonds. The van der Waals surface area contributed by atoms with E-state index in [4.69, 9.17) is 9.72 Å². The Morgan fingerprint density at radius 1 is 0.900 bits per heavy atom. The number of esters is 1. The third-order valence-electron chi connectivity index (χ3n) is 6.50. The lowest BCUT2D eigenvalue weighted by molar-refractivity contribution is -0.156. The second kappa shape index (κ2) is 11.8. The van der Waals surface area contributed by atoms with E-state index in [-0.39, 0.29) is 6.42 Å². The van der Waals surface area contributed by atoms with Crippen LogP contribution < -0.4 is 0 Å². The van der Waals surface area contributed by atoms with Crippen molar-refractivity contribution in [1.82, 2.24) is 14.5 Å². The molecule has 0 spiro atoms. The summed E-state index contributed by atoms with van der Waals surface area (Å²) in [6, 6.07) is 30.5. The van der Waals surface area contributed by atoms with E-state index in [1.165, 1.54) is 11.3 Å². The van der Waals surface area contributed by atoms with Crippen molar-refractivity contribution in [2.45, 2.75) is 44.4 Å². The van der Waals surface area contributed by atoms with E-state index in [1.807, 2.05) is 56.9 Å². The van der Waals surface area contributed by atoms with Gasteiger partial charge in [-0.1, -0.05) is 91.0 Å². The number of hydrogen-bond donors (Lipinski definition) is 0. The van der Waals surface area contributed by atoms with Gasteiger partial charge in [0.05, 0.1) is 18.2 Å². The number of imidazole rings is 1. The van der Waals surface area contributed by atoms with E-state index in [2.05, 4.69) is 87.3 Å². The van der Waals surface area contributed by atoms with Gasteiger partial charge in [0, 0.05) is 24.2 Å². The lowest BCUT2D eigenvalue weighted by Crippen LogP contribution is -2.37. The SMILES string of the molecule is CC(C)(C)OC(=O)C(Cc1cn(C(c2ccccc2)(c2ccccc2)c2ccccc2)cn1)N=Cc1nccs1. The van der Waals surface area contributed by atoms with Crippen LogP contribution in [0.1, 0.15) is 48.2 Å². The van der Waals surface area contributed by atoms with Crippen LogP contribution in [0, 0.1) is 0 Å². The molecular formula is C33H32N4O2S. The van der Waals surface area contributed by atoms with Gasteiger partial charge in [-0.3, -0.25) is 4.99 Å². The van der Waals surface area contributed by atoms with Gasteiger partial charge < -0.3 is 9.30 Å². The van der Waals surface area contributed by atoms with Crippen LogP contribution in [0.3, 0.4) is 0 Å². The van der Waals surface area contributed by atoms with Gasteiger partial charge in [-0.2, -0.15) is 0 Å². The van der Waals surface area contributed by atoms with Crippen molar-refractivity contribution in [3.8, 4) is 0 Å². The summed E-state index contributed by atoms with van der Waals surface area (Å²) >= 11 is 1.46. The molecule has 1 unspecified atom stereocenters. The first-order chi connectivity index (χ1) is 19.4. The molecule has 0 bridgehead atoms. The highest BCUT2D eigenvalue weighted by atomic mass is 32.1. The van der Waals surface area contributed by atoms with Crippen molar-refractivity contribution in [1.29, 1.82) is 0 Å². The molecule has 0 aliphatic carbocycles. The first kappa shape index (κ1) is 27.2. The maximum absolute atomic E-state index is 13.2. The van der Waals surface area contributed by atoms with Crippen LogP contribution >= 0.6 is 11.3 Å². The van der Waals surface area contributed by atoms with Crippen molar-refractivity contribution in [3.05, 3.63) is 142 Å². The average molecular weight is 549 g/mol. The van der Waals surface area contributed by atoms with E-state index in [1.54, 1.807) is 12.4 Å². The summed E-state index contributed by atoms with van der Waals surface area (Å²) in [5.41, 5.74) is 2.72. The number of ether oxygens (including phenoxy) is 1. The van der Waals surface area contributed by atoms with Gasteiger partial charge in [0.2, 0.25) is 0 Å². The molecule has 0 N–H and O–H groups in total. The van der Waals surface area contributed by atoms with Gasteiger partial charge in [0.15, 0.2) is 6.04 Å². The third-order valence-corrected chi connectivity index (χ3v) is 7.21. The Morgan fingerprint density at radius 3 is 1.93 bits per heavy atom. The van der Waals surface area contributed by atoms with Crippen LogP contribution in [-0.2, 0) is 21.5 Å². The molecular weight excluding hydrogens is 516 g/mol. The van der Waals surface area contributed by atoms with Gasteiger partial charge in [0.25, 0.3) is 0 Å². The molecule has 0 saturated heterocycles. The maximum Gasteiger partial charge on any atom is 0.331 e. The third kappa shape index (κ3) is 5.95. The summed E-state index contributed by atoms with van der Waals surface area (Å²) in [6.45, 7) is 5.57. The molecule has 2 heterocycles. The Labute approximate surface area is 239 Å². The van der Waals surface area contributed by atoms with Crippen LogP contribution in [0.25, 0.3) is 0 Å². The van der Waals surface area contributed by atoms with Crippen molar-refractivity contribution in [3.63, 3.8) is 0 Å². The van der Waals surface area contributed by atoms with Gasteiger partial charge in [-0.05, 0) is 37.5 Å². The van der Waals surface area contributed by atoms with E-state index in [0.29, 0.717) is 0 Å². The summed E-state index contributed by atoms with van der Waals surface area (Å²) in [6.07, 6.45) is 7.51. The van der Waals surface area contributed by atoms with Crippen LogP contribution in [0.4, 0.5) is 0 Å². The second-order valence-electron chi connectivity index (χ2n) is 10.5. The first-order valence-electron chi connectivity index (χ1n) is 13.2. The Kier molecular flexibility index (Phi) is 8.03. The van der Waals surface area contributed by atoms with Gasteiger partial charge in [-0.15, -0.1) is 11.3 Å². The Bertz CT molecular complexity index is 1440. The summed E-state index contributed by atoms with van der Waals surface area (Å²) in [4.78, 5) is 26.8. The number of aliphatic imine (C=N–C) groups is 1. The number of carbonyl (C=O) groups is 1. The zero-order valence-corrected chi connectivity index (χ0v) is 23.7. The summed E-state index contributed by atoms with van der Waals surface area (Å²) in [7, 11) is 0. The number of rotatable bonds is 9. The number of hydrogen-bond acceptors (Lipinski definition) is 6. The molecule has 5 rings (SSSR count). The second-order valence-corrected chi connectivity index (χ2v) is 11.4. The summed E-state index contributed by atoms with van der Waals surface area (Å²) in [5.74, 6) is -0.393. The highest BCUT2D eigenvalue weighted by Crippen LogP contribution is 2.40. The Hall–Kier alpha value is -4.36. The highest BCUT2D eigenvalue weighted by molar-refractivity contribution is 7.11. The van der Waals surface area contributed by atoms with E-state index >= 15 is 0 Å². The smallest absolute Gasteiger partial charge is 0.331 e. The van der Waals surface area contributed by atoms with Crippen molar-refractivity contribution >= 4 is 23.5 Å². The molecule has 3 aromatic carbocycles. The molecule has 0 fully saturated rings. The van der Waals surface area contributed by atoms with E-state index in [0.717, 1.165) is 27.4 Å². The van der Waals surface area contributed by atoms with E-state index < -0.39 is 23.2 Å². The predicted octanol–water partition coefficient (Wildman–Crippen LogP) is 6.55. The Morgan fingerprint density at radius 2 is 1.45 bits per heavy atom. The van der Waals surface area contributed by atoms with Crippen LogP contribution in [0.5, 0.6) is 0 Å². The molecule has 0 saturated carbocycles. The van der Waals surface area contributed by atoms with Gasteiger partial charge in [-0.25, -0.2) is 14.8 Å². The number of carbonyl (C=O) groups excluding carboxylic acids is 1. The topological polar surface area (TPSA) is 69.4 Å². The first-order valence-corrected chi connectivity index (χ1v) is 14.1. The number of nitrogens with zero attached hydrogens (tertiary/aromatic N) is 4. The minimum absolute atomic E-state index is 0.290. The van der Waals surface area contributed by atoms with Gasteiger partial charge >= 0.3 is 5.97 Å². The average Bonchev–Trinajstić information content (AvgIpc) is 3.65.